The molecule has 0 saturated carbocycles. The van der Waals surface area contributed by atoms with Gasteiger partial charge in [-0.2, -0.15) is 0 Å². The number of benzene rings is 1. The van der Waals surface area contributed by atoms with Gasteiger partial charge in [0.15, 0.2) is 0 Å². The number of amides is 1. The third-order valence-corrected chi connectivity index (χ3v) is 4.81. The number of fused-ring (bicyclic) bond motifs is 1. The summed E-state index contributed by atoms with van der Waals surface area (Å²) < 4.78 is 5.24. The van der Waals surface area contributed by atoms with E-state index >= 15 is 0 Å². The van der Waals surface area contributed by atoms with Gasteiger partial charge < -0.3 is 15.8 Å². The first-order chi connectivity index (χ1) is 10.1. The number of hydrogen-bond acceptors (Lipinski definition) is 4. The van der Waals surface area contributed by atoms with E-state index in [1.165, 1.54) is 13.5 Å². The van der Waals surface area contributed by atoms with E-state index in [9.17, 15) is 4.79 Å². The number of ether oxygens (including phenoxy) is 1. The van der Waals surface area contributed by atoms with Crippen LogP contribution in [-0.2, 0) is 0 Å². The molecule has 21 heavy (non-hydrogen) atoms. The molecule has 0 radical (unpaired) electrons. The van der Waals surface area contributed by atoms with Crippen LogP contribution in [0.3, 0.4) is 0 Å². The third kappa shape index (κ3) is 2.68. The van der Waals surface area contributed by atoms with Gasteiger partial charge in [0, 0.05) is 24.7 Å². The van der Waals surface area contributed by atoms with Crippen molar-refractivity contribution >= 4 is 23.2 Å². The number of rotatable bonds is 3. The SMILES string of the molecule is COc1cc(N)c(Cl)cc1C(=O)N[C@@H]1CCN2CCC[C@H]12. The van der Waals surface area contributed by atoms with Crippen LogP contribution in [0, 0.1) is 0 Å². The maximum atomic E-state index is 12.5. The monoisotopic (exact) mass is 309 g/mol. The standard InChI is InChI=1S/C15H20ClN3O2/c1-21-14-8-11(17)10(16)7-9(14)15(20)18-12-4-6-19-5-2-3-13(12)19/h7-8,12-13H,2-6,17H2,1H3,(H,18,20)/t12-,13-/m1/s1. The third-order valence-electron chi connectivity index (χ3n) is 4.49. The highest BCUT2D eigenvalue weighted by atomic mass is 35.5. The Balaban J connectivity index is 1.78. The Morgan fingerprint density at radius 2 is 2.24 bits per heavy atom. The zero-order valence-corrected chi connectivity index (χ0v) is 12.8. The number of carbonyl (C=O) groups is 1. The van der Waals surface area contributed by atoms with Crippen LogP contribution in [0.4, 0.5) is 5.69 Å². The Hall–Kier alpha value is -1.46. The van der Waals surface area contributed by atoms with Crippen molar-refractivity contribution in [3.63, 3.8) is 0 Å². The van der Waals surface area contributed by atoms with Crippen LogP contribution in [0.25, 0.3) is 0 Å². The van der Waals surface area contributed by atoms with E-state index in [1.807, 2.05) is 0 Å². The zero-order valence-electron chi connectivity index (χ0n) is 12.1. The first kappa shape index (κ1) is 14.5. The highest BCUT2D eigenvalue weighted by Crippen LogP contribution is 2.31. The summed E-state index contributed by atoms with van der Waals surface area (Å²) in [5.41, 5.74) is 6.60. The molecule has 2 aliphatic heterocycles. The Morgan fingerprint density at radius 1 is 1.43 bits per heavy atom. The predicted octanol–water partition coefficient (Wildman–Crippen LogP) is 1.90. The number of nitrogens with two attached hydrogens (primary N) is 1. The molecule has 0 bridgehead atoms. The minimum atomic E-state index is -0.146. The molecule has 2 saturated heterocycles. The molecule has 6 heteroatoms. The summed E-state index contributed by atoms with van der Waals surface area (Å²) in [6.45, 7) is 2.21. The van der Waals surface area contributed by atoms with Crippen LogP contribution in [0.2, 0.25) is 5.02 Å². The zero-order chi connectivity index (χ0) is 15.0. The number of methoxy groups -OCH3 is 1. The molecular weight excluding hydrogens is 290 g/mol. The Morgan fingerprint density at radius 3 is 3.00 bits per heavy atom. The summed E-state index contributed by atoms with van der Waals surface area (Å²) in [4.78, 5) is 15.0. The van der Waals surface area contributed by atoms with Crippen molar-refractivity contribution in [1.29, 1.82) is 0 Å². The number of halogens is 1. The summed E-state index contributed by atoms with van der Waals surface area (Å²) >= 11 is 6.02. The van der Waals surface area contributed by atoms with Crippen molar-refractivity contribution in [3.05, 3.63) is 22.7 Å². The molecular formula is C15H20ClN3O2. The van der Waals surface area contributed by atoms with Gasteiger partial charge >= 0.3 is 0 Å². The van der Waals surface area contributed by atoms with Crippen molar-refractivity contribution in [3.8, 4) is 5.75 Å². The van der Waals surface area contributed by atoms with Gasteiger partial charge in [-0.25, -0.2) is 0 Å². The topological polar surface area (TPSA) is 67.6 Å². The molecule has 0 spiro atoms. The first-order valence-electron chi connectivity index (χ1n) is 7.28. The molecule has 1 aromatic carbocycles. The van der Waals surface area contributed by atoms with Crippen molar-refractivity contribution in [1.82, 2.24) is 10.2 Å². The molecule has 0 aliphatic carbocycles. The Labute approximate surface area is 129 Å². The lowest BCUT2D eigenvalue weighted by molar-refractivity contribution is 0.0926. The van der Waals surface area contributed by atoms with Gasteiger partial charge in [-0.15, -0.1) is 0 Å². The molecule has 114 valence electrons. The maximum Gasteiger partial charge on any atom is 0.255 e. The minimum Gasteiger partial charge on any atom is -0.496 e. The van der Waals surface area contributed by atoms with Gasteiger partial charge in [-0.1, -0.05) is 11.6 Å². The molecule has 2 heterocycles. The lowest BCUT2D eigenvalue weighted by Gasteiger charge is -2.22. The molecule has 1 aromatic rings. The quantitative estimate of drug-likeness (QED) is 0.837. The molecule has 2 fully saturated rings. The van der Waals surface area contributed by atoms with E-state index in [4.69, 9.17) is 22.1 Å². The number of nitrogens with one attached hydrogen (secondary N) is 1. The number of anilines is 1. The van der Waals surface area contributed by atoms with Crippen LogP contribution in [-0.4, -0.2) is 43.1 Å². The molecule has 3 rings (SSSR count). The van der Waals surface area contributed by atoms with Crippen molar-refractivity contribution < 1.29 is 9.53 Å². The second-order valence-electron chi connectivity index (χ2n) is 5.69. The normalized spacial score (nSPS) is 24.9. The van der Waals surface area contributed by atoms with E-state index in [1.54, 1.807) is 12.1 Å². The molecule has 2 aliphatic rings. The highest BCUT2D eigenvalue weighted by molar-refractivity contribution is 6.33. The molecule has 0 unspecified atom stereocenters. The van der Waals surface area contributed by atoms with Crippen LogP contribution in [0.5, 0.6) is 5.75 Å². The Kier molecular flexibility index (Phi) is 3.95. The van der Waals surface area contributed by atoms with Crippen LogP contribution >= 0.6 is 11.6 Å². The summed E-state index contributed by atoms with van der Waals surface area (Å²) in [6, 6.07) is 3.85. The second-order valence-corrected chi connectivity index (χ2v) is 6.10. The molecule has 1 amide bonds. The lowest BCUT2D eigenvalue weighted by Crippen LogP contribution is -2.42. The summed E-state index contributed by atoms with van der Waals surface area (Å²) in [7, 11) is 1.52. The minimum absolute atomic E-state index is 0.146. The maximum absolute atomic E-state index is 12.5. The molecule has 0 aromatic heterocycles. The van der Waals surface area contributed by atoms with E-state index in [-0.39, 0.29) is 11.9 Å². The van der Waals surface area contributed by atoms with Gasteiger partial charge in [-0.3, -0.25) is 9.69 Å². The smallest absolute Gasteiger partial charge is 0.255 e. The molecule has 3 N–H and O–H groups in total. The van der Waals surface area contributed by atoms with Crippen LogP contribution < -0.4 is 15.8 Å². The van der Waals surface area contributed by atoms with Gasteiger partial charge in [0.1, 0.15) is 5.75 Å². The fraction of sp³-hybridized carbons (Fsp3) is 0.533. The summed E-state index contributed by atoms with van der Waals surface area (Å²) in [6.07, 6.45) is 3.38. The molecule has 2 atom stereocenters. The highest BCUT2D eigenvalue weighted by Gasteiger charge is 2.38. The van der Waals surface area contributed by atoms with Gasteiger partial charge in [-0.05, 0) is 31.9 Å². The average molecular weight is 310 g/mol. The van der Waals surface area contributed by atoms with Crippen LogP contribution in [0.1, 0.15) is 29.6 Å². The average Bonchev–Trinajstić information content (AvgIpc) is 3.06. The summed E-state index contributed by atoms with van der Waals surface area (Å²) in [5, 5.41) is 3.50. The fourth-order valence-electron chi connectivity index (χ4n) is 3.41. The van der Waals surface area contributed by atoms with E-state index in [0.717, 1.165) is 25.9 Å². The van der Waals surface area contributed by atoms with Crippen molar-refractivity contribution in [2.75, 3.05) is 25.9 Å². The first-order valence-corrected chi connectivity index (χ1v) is 7.66. The largest absolute Gasteiger partial charge is 0.496 e. The second kappa shape index (κ2) is 5.73. The number of carbonyl (C=O) groups excluding carboxylic acids is 1. The van der Waals surface area contributed by atoms with Crippen LogP contribution in [0.15, 0.2) is 12.1 Å². The van der Waals surface area contributed by atoms with Crippen molar-refractivity contribution in [2.45, 2.75) is 31.3 Å². The van der Waals surface area contributed by atoms with Gasteiger partial charge in [0.05, 0.1) is 23.4 Å². The predicted molar refractivity (Wildman–Crippen MR) is 82.9 cm³/mol. The molecule has 5 nitrogen and oxygen atoms in total. The lowest BCUT2D eigenvalue weighted by atomic mass is 10.1. The van der Waals surface area contributed by atoms with E-state index in [0.29, 0.717) is 28.1 Å². The number of nitrogen functional groups attached to an aromatic ring is 1. The van der Waals surface area contributed by atoms with Gasteiger partial charge in [0.25, 0.3) is 5.91 Å². The number of nitrogens with zero attached hydrogens (tertiary/aromatic N) is 1. The number of hydrogen-bond donors (Lipinski definition) is 2. The fourth-order valence-corrected chi connectivity index (χ4v) is 3.58. The van der Waals surface area contributed by atoms with Gasteiger partial charge in [0.2, 0.25) is 0 Å². The summed E-state index contributed by atoms with van der Waals surface area (Å²) in [5.74, 6) is 0.308. The van der Waals surface area contributed by atoms with Crippen molar-refractivity contribution in [2.24, 2.45) is 0 Å². The Bertz CT molecular complexity index is 564. The van der Waals surface area contributed by atoms with E-state index < -0.39 is 0 Å². The van der Waals surface area contributed by atoms with E-state index in [2.05, 4.69) is 10.2 Å².